The summed E-state index contributed by atoms with van der Waals surface area (Å²) in [5, 5.41) is 0.829. The Bertz CT molecular complexity index is 217. The molecule has 1 aliphatic rings. The Morgan fingerprint density at radius 3 is 2.88 bits per heavy atom. The van der Waals surface area contributed by atoms with Crippen LogP contribution >= 0.6 is 15.9 Å². The molecule has 2 atom stereocenters. The Kier molecular flexibility index (Phi) is 6.36. The molecule has 0 saturated carbocycles. The first-order chi connectivity index (χ1) is 7.65. The van der Waals surface area contributed by atoms with Crippen molar-refractivity contribution in [2.75, 3.05) is 19.0 Å². The molecule has 0 aliphatic carbocycles. The molecule has 0 N–H and O–H groups in total. The van der Waals surface area contributed by atoms with E-state index in [2.05, 4.69) is 15.9 Å². The maximum Gasteiger partial charge on any atom is 0.222 e. The number of hydrogen-bond acceptors (Lipinski definition) is 2. The number of carbonyl (C=O) groups excluding carboxylic acids is 1. The van der Waals surface area contributed by atoms with Crippen molar-refractivity contribution in [1.82, 2.24) is 4.90 Å². The highest BCUT2D eigenvalue weighted by Gasteiger charge is 2.18. The highest BCUT2D eigenvalue weighted by Crippen LogP contribution is 2.17. The van der Waals surface area contributed by atoms with E-state index >= 15 is 0 Å². The SMILES string of the molecule is CC(CBr)N(C)C(=O)CCC1CCCCO1. The lowest BCUT2D eigenvalue weighted by molar-refractivity contribution is -0.132. The van der Waals surface area contributed by atoms with Crippen LogP contribution in [0.1, 0.15) is 39.0 Å². The zero-order chi connectivity index (χ0) is 12.0. The van der Waals surface area contributed by atoms with Crippen LogP contribution in [0.25, 0.3) is 0 Å². The van der Waals surface area contributed by atoms with Crippen LogP contribution in [0.15, 0.2) is 0 Å². The van der Waals surface area contributed by atoms with E-state index in [0.29, 0.717) is 12.5 Å². The standard InChI is InChI=1S/C12H22BrNO2/c1-10(9-13)14(2)12(15)7-6-11-5-3-4-8-16-11/h10-11H,3-9H2,1-2H3. The van der Waals surface area contributed by atoms with Gasteiger partial charge in [-0.1, -0.05) is 15.9 Å². The van der Waals surface area contributed by atoms with Gasteiger partial charge >= 0.3 is 0 Å². The fourth-order valence-corrected chi connectivity index (χ4v) is 2.28. The summed E-state index contributed by atoms with van der Waals surface area (Å²) < 4.78 is 5.61. The van der Waals surface area contributed by atoms with Crippen molar-refractivity contribution in [3.63, 3.8) is 0 Å². The number of hydrogen-bond donors (Lipinski definition) is 0. The molecule has 0 aromatic carbocycles. The largest absolute Gasteiger partial charge is 0.378 e. The number of alkyl halides is 1. The van der Waals surface area contributed by atoms with Crippen molar-refractivity contribution in [3.05, 3.63) is 0 Å². The quantitative estimate of drug-likeness (QED) is 0.729. The monoisotopic (exact) mass is 291 g/mol. The average Bonchev–Trinajstić information content (AvgIpc) is 2.35. The molecule has 94 valence electrons. The summed E-state index contributed by atoms with van der Waals surface area (Å²) in [5.74, 6) is 0.223. The number of rotatable bonds is 5. The average molecular weight is 292 g/mol. The molecule has 0 spiro atoms. The summed E-state index contributed by atoms with van der Waals surface area (Å²) in [5.41, 5.74) is 0. The number of halogens is 1. The predicted octanol–water partition coefficient (Wildman–Crippen LogP) is 2.58. The van der Waals surface area contributed by atoms with E-state index in [1.807, 2.05) is 18.9 Å². The van der Waals surface area contributed by atoms with Crippen LogP contribution in [-0.4, -0.2) is 41.9 Å². The summed E-state index contributed by atoms with van der Waals surface area (Å²) in [7, 11) is 1.87. The minimum atomic E-state index is 0.223. The molecule has 1 heterocycles. The van der Waals surface area contributed by atoms with Crippen LogP contribution < -0.4 is 0 Å². The molecule has 3 nitrogen and oxygen atoms in total. The normalized spacial score (nSPS) is 22.8. The lowest BCUT2D eigenvalue weighted by Crippen LogP contribution is -2.36. The van der Waals surface area contributed by atoms with Crippen LogP contribution in [0.2, 0.25) is 0 Å². The third-order valence-corrected chi connectivity index (χ3v) is 4.17. The van der Waals surface area contributed by atoms with Crippen molar-refractivity contribution in [2.45, 2.75) is 51.2 Å². The van der Waals surface area contributed by atoms with Crippen LogP contribution in [0, 0.1) is 0 Å². The molecule has 0 aromatic rings. The number of carbonyl (C=O) groups is 1. The van der Waals surface area contributed by atoms with Gasteiger partial charge in [0.05, 0.1) is 6.10 Å². The molecule has 1 aliphatic heterocycles. The van der Waals surface area contributed by atoms with Crippen molar-refractivity contribution in [2.24, 2.45) is 0 Å². The van der Waals surface area contributed by atoms with Gasteiger partial charge in [-0.2, -0.15) is 0 Å². The van der Waals surface area contributed by atoms with E-state index in [1.165, 1.54) is 12.8 Å². The van der Waals surface area contributed by atoms with Gasteiger partial charge in [0, 0.05) is 31.4 Å². The smallest absolute Gasteiger partial charge is 0.222 e. The van der Waals surface area contributed by atoms with Gasteiger partial charge in [0.25, 0.3) is 0 Å². The van der Waals surface area contributed by atoms with E-state index in [0.717, 1.165) is 24.8 Å². The molecule has 1 amide bonds. The van der Waals surface area contributed by atoms with Gasteiger partial charge < -0.3 is 9.64 Å². The molecule has 0 bridgehead atoms. The molecular weight excluding hydrogens is 270 g/mol. The zero-order valence-electron chi connectivity index (χ0n) is 10.2. The van der Waals surface area contributed by atoms with E-state index < -0.39 is 0 Å². The molecule has 0 radical (unpaired) electrons. The van der Waals surface area contributed by atoms with Crippen molar-refractivity contribution in [3.8, 4) is 0 Å². The fraction of sp³-hybridized carbons (Fsp3) is 0.917. The van der Waals surface area contributed by atoms with E-state index in [9.17, 15) is 4.79 Å². The van der Waals surface area contributed by atoms with E-state index in [1.54, 1.807) is 0 Å². The zero-order valence-corrected chi connectivity index (χ0v) is 11.8. The Labute approximate surface area is 107 Å². The second kappa shape index (κ2) is 7.28. The summed E-state index contributed by atoms with van der Waals surface area (Å²) in [6.07, 6.45) is 5.32. The molecule has 1 fully saturated rings. The van der Waals surface area contributed by atoms with Crippen LogP contribution in [-0.2, 0) is 9.53 Å². The maximum atomic E-state index is 11.8. The lowest BCUT2D eigenvalue weighted by Gasteiger charge is -2.26. The topological polar surface area (TPSA) is 29.5 Å². The van der Waals surface area contributed by atoms with E-state index in [4.69, 9.17) is 4.74 Å². The summed E-state index contributed by atoms with van der Waals surface area (Å²) in [6, 6.07) is 0.264. The fourth-order valence-electron chi connectivity index (χ4n) is 1.85. The Morgan fingerprint density at radius 1 is 1.56 bits per heavy atom. The molecule has 1 rings (SSSR count). The minimum Gasteiger partial charge on any atom is -0.378 e. The second-order valence-electron chi connectivity index (χ2n) is 4.54. The minimum absolute atomic E-state index is 0.223. The van der Waals surface area contributed by atoms with Crippen molar-refractivity contribution >= 4 is 21.8 Å². The van der Waals surface area contributed by atoms with Gasteiger partial charge in [-0.3, -0.25) is 4.79 Å². The van der Waals surface area contributed by atoms with Crippen LogP contribution in [0.4, 0.5) is 0 Å². The predicted molar refractivity (Wildman–Crippen MR) is 68.9 cm³/mol. The molecule has 2 unspecified atom stereocenters. The van der Waals surface area contributed by atoms with Crippen LogP contribution in [0.5, 0.6) is 0 Å². The Balaban J connectivity index is 2.23. The first-order valence-electron chi connectivity index (χ1n) is 6.08. The highest BCUT2D eigenvalue weighted by atomic mass is 79.9. The van der Waals surface area contributed by atoms with Gasteiger partial charge in [0.2, 0.25) is 5.91 Å². The summed E-state index contributed by atoms with van der Waals surface area (Å²) in [6.45, 7) is 2.91. The Morgan fingerprint density at radius 2 is 2.31 bits per heavy atom. The van der Waals surface area contributed by atoms with Gasteiger partial charge in [-0.15, -0.1) is 0 Å². The van der Waals surface area contributed by atoms with Crippen LogP contribution in [0.3, 0.4) is 0 Å². The van der Waals surface area contributed by atoms with E-state index in [-0.39, 0.29) is 11.9 Å². The molecule has 0 aromatic heterocycles. The summed E-state index contributed by atoms with van der Waals surface area (Å²) >= 11 is 3.39. The molecule has 4 heteroatoms. The van der Waals surface area contributed by atoms with Crippen molar-refractivity contribution < 1.29 is 9.53 Å². The third-order valence-electron chi connectivity index (χ3n) is 3.23. The third kappa shape index (κ3) is 4.42. The molecule has 1 saturated heterocycles. The van der Waals surface area contributed by atoms with Gasteiger partial charge in [-0.05, 0) is 32.6 Å². The number of ether oxygens (including phenoxy) is 1. The Hall–Kier alpha value is -0.0900. The summed E-state index contributed by atoms with van der Waals surface area (Å²) in [4.78, 5) is 13.7. The van der Waals surface area contributed by atoms with Crippen molar-refractivity contribution in [1.29, 1.82) is 0 Å². The highest BCUT2D eigenvalue weighted by molar-refractivity contribution is 9.09. The van der Waals surface area contributed by atoms with Gasteiger partial charge in [0.1, 0.15) is 0 Å². The maximum absolute atomic E-state index is 11.8. The number of nitrogens with zero attached hydrogens (tertiary/aromatic N) is 1. The molecule has 16 heavy (non-hydrogen) atoms. The first-order valence-corrected chi connectivity index (χ1v) is 7.20. The lowest BCUT2D eigenvalue weighted by atomic mass is 10.0. The molecular formula is C12H22BrNO2. The first kappa shape index (κ1) is 14.0. The number of amides is 1. The second-order valence-corrected chi connectivity index (χ2v) is 5.18. The van der Waals surface area contributed by atoms with Gasteiger partial charge in [-0.25, -0.2) is 0 Å². The van der Waals surface area contributed by atoms with Gasteiger partial charge in [0.15, 0.2) is 0 Å².